The third-order valence-corrected chi connectivity index (χ3v) is 10.8. The van der Waals surface area contributed by atoms with Crippen LogP contribution >= 0.6 is 0 Å². The van der Waals surface area contributed by atoms with Crippen molar-refractivity contribution in [1.29, 1.82) is 0 Å². The van der Waals surface area contributed by atoms with Crippen molar-refractivity contribution in [3.8, 4) is 0 Å². The zero-order valence-corrected chi connectivity index (χ0v) is 22.6. The van der Waals surface area contributed by atoms with Crippen LogP contribution in [-0.2, 0) is 36.3 Å². The molecule has 42 heavy (non-hydrogen) atoms. The van der Waals surface area contributed by atoms with Crippen molar-refractivity contribution in [2.24, 2.45) is 11.8 Å². The summed E-state index contributed by atoms with van der Waals surface area (Å²) in [5, 5.41) is 11.5. The summed E-state index contributed by atoms with van der Waals surface area (Å²) in [6.45, 7) is 1.42. The van der Waals surface area contributed by atoms with Gasteiger partial charge in [-0.05, 0) is 73.9 Å². The van der Waals surface area contributed by atoms with Crippen LogP contribution < -0.4 is 5.32 Å². The third-order valence-electron chi connectivity index (χ3n) is 8.19. The maximum absolute atomic E-state index is 14.9. The van der Waals surface area contributed by atoms with Crippen molar-refractivity contribution >= 4 is 21.7 Å². The standard InChI is InChI=1S/C27H25F8NO5S/c1-14(12-22(37)38)36-23(39)19-10-11-24(42(40,41)18-6-4-17(28)5-7-18)20-9-3-16(13-15(20)2-8-21(19)24)25(29,26(30,31)32)27(33,34)35/h3-7,9,13-14,19,21H,2,8,10-12H2,1H3,(H,36,39)(H,37,38)/t14-,19+,21-,24+/m0/s1. The molecule has 1 saturated carbocycles. The van der Waals surface area contributed by atoms with E-state index in [0.29, 0.717) is 6.07 Å². The maximum Gasteiger partial charge on any atom is 0.435 e. The van der Waals surface area contributed by atoms with Gasteiger partial charge in [-0.15, -0.1) is 0 Å². The van der Waals surface area contributed by atoms with Gasteiger partial charge in [0.25, 0.3) is 0 Å². The summed E-state index contributed by atoms with van der Waals surface area (Å²) in [5.41, 5.74) is -7.92. The number of carboxylic acids is 1. The van der Waals surface area contributed by atoms with E-state index in [2.05, 4.69) is 5.32 Å². The number of hydrogen-bond donors (Lipinski definition) is 2. The van der Waals surface area contributed by atoms with Crippen LogP contribution in [0.3, 0.4) is 0 Å². The second-order valence-corrected chi connectivity index (χ2v) is 12.9. The minimum Gasteiger partial charge on any atom is -0.481 e. The fourth-order valence-corrected chi connectivity index (χ4v) is 8.83. The van der Waals surface area contributed by atoms with Crippen molar-refractivity contribution in [2.45, 2.75) is 72.7 Å². The van der Waals surface area contributed by atoms with E-state index in [1.165, 1.54) is 6.92 Å². The maximum atomic E-state index is 14.9. The van der Waals surface area contributed by atoms with Gasteiger partial charge in [0.1, 0.15) is 10.6 Å². The van der Waals surface area contributed by atoms with Crippen LogP contribution in [0, 0.1) is 17.7 Å². The van der Waals surface area contributed by atoms with Gasteiger partial charge in [0, 0.05) is 17.5 Å². The van der Waals surface area contributed by atoms with Crippen molar-refractivity contribution < 1.29 is 58.2 Å². The summed E-state index contributed by atoms with van der Waals surface area (Å²) < 4.78 is 136. The Morgan fingerprint density at radius 2 is 1.60 bits per heavy atom. The van der Waals surface area contributed by atoms with E-state index in [1.54, 1.807) is 0 Å². The van der Waals surface area contributed by atoms with E-state index >= 15 is 0 Å². The Morgan fingerprint density at radius 3 is 2.14 bits per heavy atom. The van der Waals surface area contributed by atoms with Crippen LogP contribution in [0.25, 0.3) is 0 Å². The van der Waals surface area contributed by atoms with Gasteiger partial charge >= 0.3 is 24.0 Å². The van der Waals surface area contributed by atoms with E-state index in [0.717, 1.165) is 30.3 Å². The summed E-state index contributed by atoms with van der Waals surface area (Å²) in [5.74, 6) is -4.70. The molecule has 1 fully saturated rings. The Hall–Kier alpha value is -3.23. The summed E-state index contributed by atoms with van der Waals surface area (Å²) in [6, 6.07) is 4.17. The van der Waals surface area contributed by atoms with Crippen LogP contribution in [-0.4, -0.2) is 43.8 Å². The Bertz CT molecular complexity index is 1480. The van der Waals surface area contributed by atoms with Gasteiger partial charge < -0.3 is 10.4 Å². The number of amides is 1. The number of carbonyl (C=O) groups excluding carboxylic acids is 1. The second kappa shape index (κ2) is 10.5. The van der Waals surface area contributed by atoms with E-state index < -0.39 is 85.1 Å². The lowest BCUT2D eigenvalue weighted by atomic mass is 9.72. The number of fused-ring (bicyclic) bond motifs is 3. The van der Waals surface area contributed by atoms with Gasteiger partial charge in [-0.1, -0.05) is 18.2 Å². The average Bonchev–Trinajstić information content (AvgIpc) is 3.28. The molecular formula is C27H25F8NO5S. The highest BCUT2D eigenvalue weighted by Crippen LogP contribution is 2.60. The molecule has 2 N–H and O–H groups in total. The molecule has 15 heteroatoms. The Morgan fingerprint density at radius 1 is 1.00 bits per heavy atom. The highest BCUT2D eigenvalue weighted by molar-refractivity contribution is 7.92. The second-order valence-electron chi connectivity index (χ2n) is 10.7. The van der Waals surface area contributed by atoms with Crippen LogP contribution in [0.5, 0.6) is 0 Å². The highest BCUT2D eigenvalue weighted by atomic mass is 32.2. The smallest absolute Gasteiger partial charge is 0.435 e. The summed E-state index contributed by atoms with van der Waals surface area (Å²) >= 11 is 0. The fraction of sp³-hybridized carbons (Fsp3) is 0.481. The monoisotopic (exact) mass is 627 g/mol. The number of carboxylic acid groups (broad SMARTS) is 1. The molecule has 4 rings (SSSR count). The van der Waals surface area contributed by atoms with E-state index in [-0.39, 0.29) is 42.9 Å². The number of hydrogen-bond acceptors (Lipinski definition) is 4. The number of nitrogens with one attached hydrogen (secondary N) is 1. The van der Waals surface area contributed by atoms with Gasteiger partial charge in [-0.2, -0.15) is 26.3 Å². The number of aliphatic carboxylic acids is 1. The third kappa shape index (κ3) is 4.92. The van der Waals surface area contributed by atoms with Crippen molar-refractivity contribution in [1.82, 2.24) is 5.32 Å². The van der Waals surface area contributed by atoms with Crippen LogP contribution in [0.15, 0.2) is 47.4 Å². The van der Waals surface area contributed by atoms with Crippen LogP contribution in [0.4, 0.5) is 35.1 Å². The highest BCUT2D eigenvalue weighted by Gasteiger charge is 2.74. The van der Waals surface area contributed by atoms with Gasteiger partial charge in [0.2, 0.25) is 5.91 Å². The molecule has 0 aliphatic heterocycles. The Labute approximate surface area is 235 Å². The number of benzene rings is 2. The van der Waals surface area contributed by atoms with Crippen molar-refractivity contribution in [2.75, 3.05) is 0 Å². The molecule has 2 aromatic rings. The predicted molar refractivity (Wildman–Crippen MR) is 131 cm³/mol. The molecule has 4 atom stereocenters. The summed E-state index contributed by atoms with van der Waals surface area (Å²) in [4.78, 5) is 23.9. The SMILES string of the molecule is C[C@@H](CC(=O)O)NC(=O)[C@@H]1CC[C@@]2(S(=O)(=O)c3ccc(F)cc3)c3ccc(C(F)(C(F)(F)F)C(F)(F)F)cc3CC[C@@H]12. The lowest BCUT2D eigenvalue weighted by Crippen LogP contribution is -2.51. The molecule has 2 aromatic carbocycles. The van der Waals surface area contributed by atoms with Gasteiger partial charge in [-0.25, -0.2) is 17.2 Å². The largest absolute Gasteiger partial charge is 0.481 e. The molecule has 0 radical (unpaired) electrons. The lowest BCUT2D eigenvalue weighted by molar-refractivity contribution is -0.348. The van der Waals surface area contributed by atoms with E-state index in [1.807, 2.05) is 0 Å². The molecule has 0 bridgehead atoms. The number of halogens is 8. The molecule has 230 valence electrons. The first-order valence-electron chi connectivity index (χ1n) is 12.8. The first kappa shape index (κ1) is 31.7. The van der Waals surface area contributed by atoms with Crippen molar-refractivity contribution in [3.05, 3.63) is 65.0 Å². The molecule has 2 aliphatic carbocycles. The lowest BCUT2D eigenvalue weighted by Gasteiger charge is -2.42. The quantitative estimate of drug-likeness (QED) is 0.302. The molecule has 0 saturated heterocycles. The minimum absolute atomic E-state index is 0.0734. The Balaban J connectivity index is 1.89. The minimum atomic E-state index is -6.38. The van der Waals surface area contributed by atoms with E-state index in [9.17, 15) is 53.1 Å². The van der Waals surface area contributed by atoms with E-state index in [4.69, 9.17) is 5.11 Å². The molecule has 0 aromatic heterocycles. The molecule has 2 aliphatic rings. The molecule has 0 heterocycles. The molecule has 0 unspecified atom stereocenters. The number of alkyl halides is 7. The zero-order valence-electron chi connectivity index (χ0n) is 21.8. The average molecular weight is 628 g/mol. The number of rotatable bonds is 7. The molecule has 0 spiro atoms. The first-order chi connectivity index (χ1) is 19.3. The van der Waals surface area contributed by atoms with Crippen LogP contribution in [0.2, 0.25) is 0 Å². The zero-order chi connectivity index (χ0) is 31.5. The van der Waals surface area contributed by atoms with Gasteiger partial charge in [-0.3, -0.25) is 9.59 Å². The Kier molecular flexibility index (Phi) is 7.92. The summed E-state index contributed by atoms with van der Waals surface area (Å²) in [6.07, 6.45) is -14.0. The number of carbonyl (C=O) groups is 2. The topological polar surface area (TPSA) is 101 Å². The number of sulfone groups is 1. The molecular weight excluding hydrogens is 602 g/mol. The first-order valence-corrected chi connectivity index (χ1v) is 14.2. The normalized spacial score (nSPS) is 23.5. The van der Waals surface area contributed by atoms with Gasteiger partial charge in [0.05, 0.1) is 11.3 Å². The summed E-state index contributed by atoms with van der Waals surface area (Å²) in [7, 11) is -4.59. The van der Waals surface area contributed by atoms with Crippen LogP contribution in [0.1, 0.15) is 49.3 Å². The predicted octanol–water partition coefficient (Wildman–Crippen LogP) is 5.74. The number of aryl methyl sites for hydroxylation is 1. The molecule has 1 amide bonds. The van der Waals surface area contributed by atoms with Crippen molar-refractivity contribution in [3.63, 3.8) is 0 Å². The van der Waals surface area contributed by atoms with Gasteiger partial charge in [0.15, 0.2) is 9.84 Å². The fourth-order valence-electron chi connectivity index (χ4n) is 6.36. The molecule has 6 nitrogen and oxygen atoms in total.